The Kier molecular flexibility index (Phi) is 3.06. The van der Waals surface area contributed by atoms with E-state index in [0.29, 0.717) is 5.56 Å². The zero-order valence-corrected chi connectivity index (χ0v) is 9.17. The van der Waals surface area contributed by atoms with Crippen molar-refractivity contribution in [2.24, 2.45) is 0 Å². The normalized spacial score (nSPS) is 10.0. The highest BCUT2D eigenvalue weighted by molar-refractivity contribution is 5.87. The molecule has 6 heteroatoms. The summed E-state index contributed by atoms with van der Waals surface area (Å²) < 4.78 is 15.0. The average Bonchev–Trinajstić information content (AvgIpc) is 2.76. The number of hydrogen-bond acceptors (Lipinski definition) is 3. The number of aromatic nitrogens is 2. The molecule has 0 aliphatic rings. The highest BCUT2D eigenvalue weighted by atomic mass is 19.1. The Labute approximate surface area is 102 Å². The Hall–Kier alpha value is -2.68. The van der Waals surface area contributed by atoms with Crippen LogP contribution in [-0.4, -0.2) is 20.6 Å². The molecule has 0 aliphatic heterocycles. The van der Waals surface area contributed by atoms with Crippen LogP contribution in [0.2, 0.25) is 0 Å². The van der Waals surface area contributed by atoms with Crippen LogP contribution in [0.5, 0.6) is 0 Å². The maximum absolute atomic E-state index is 13.4. The molecule has 1 heterocycles. The van der Waals surface area contributed by atoms with E-state index < -0.39 is 11.8 Å². The number of benzene rings is 1. The fourth-order valence-corrected chi connectivity index (χ4v) is 1.58. The number of halogens is 1. The number of carbonyl (C=O) groups is 1. The van der Waals surface area contributed by atoms with Gasteiger partial charge in [-0.3, -0.25) is 0 Å². The minimum atomic E-state index is -1.31. The molecule has 0 bridgehead atoms. The summed E-state index contributed by atoms with van der Waals surface area (Å²) in [4.78, 5) is 14.5. The average molecular weight is 245 g/mol. The first kappa shape index (κ1) is 11.8. The van der Waals surface area contributed by atoms with E-state index in [1.807, 2.05) is 6.07 Å². The van der Waals surface area contributed by atoms with Gasteiger partial charge in [-0.1, -0.05) is 6.07 Å². The second-order valence-corrected chi connectivity index (χ2v) is 3.61. The molecule has 90 valence electrons. The number of rotatable bonds is 3. The first-order valence-electron chi connectivity index (χ1n) is 5.05. The third-order valence-corrected chi connectivity index (χ3v) is 2.43. The van der Waals surface area contributed by atoms with Gasteiger partial charge in [-0.2, -0.15) is 5.26 Å². The van der Waals surface area contributed by atoms with E-state index in [4.69, 9.17) is 10.4 Å². The van der Waals surface area contributed by atoms with Crippen LogP contribution in [0.15, 0.2) is 30.6 Å². The summed E-state index contributed by atoms with van der Waals surface area (Å²) in [6.45, 7) is 0.264. The number of nitriles is 1. The fourth-order valence-electron chi connectivity index (χ4n) is 1.58. The van der Waals surface area contributed by atoms with E-state index in [0.717, 1.165) is 6.07 Å². The molecule has 2 rings (SSSR count). The summed E-state index contributed by atoms with van der Waals surface area (Å²) in [5.41, 5.74) is 0.192. The van der Waals surface area contributed by atoms with Crippen LogP contribution >= 0.6 is 0 Å². The number of nitrogens with zero attached hydrogens (tertiary/aromatic N) is 3. The van der Waals surface area contributed by atoms with Gasteiger partial charge in [-0.15, -0.1) is 0 Å². The van der Waals surface area contributed by atoms with Crippen LogP contribution < -0.4 is 0 Å². The third-order valence-electron chi connectivity index (χ3n) is 2.43. The lowest BCUT2D eigenvalue weighted by molar-refractivity contribution is 0.0692. The second-order valence-electron chi connectivity index (χ2n) is 3.61. The lowest BCUT2D eigenvalue weighted by atomic mass is 10.1. The summed E-state index contributed by atoms with van der Waals surface area (Å²) in [6, 6.07) is 5.76. The highest BCUT2D eigenvalue weighted by Crippen LogP contribution is 2.12. The Morgan fingerprint density at radius 2 is 2.33 bits per heavy atom. The molecular weight excluding hydrogens is 237 g/mol. The van der Waals surface area contributed by atoms with Gasteiger partial charge in [0.25, 0.3) is 0 Å². The molecule has 0 spiro atoms. The SMILES string of the molecule is N#Cc1nccn1Cc1ccc(C(=O)O)c(F)c1. The van der Waals surface area contributed by atoms with Gasteiger partial charge < -0.3 is 9.67 Å². The summed E-state index contributed by atoms with van der Waals surface area (Å²) in [5, 5.41) is 17.5. The minimum Gasteiger partial charge on any atom is -0.478 e. The highest BCUT2D eigenvalue weighted by Gasteiger charge is 2.11. The minimum absolute atomic E-state index is 0.220. The van der Waals surface area contributed by atoms with E-state index in [9.17, 15) is 9.18 Å². The lowest BCUT2D eigenvalue weighted by Gasteiger charge is -2.05. The molecule has 0 atom stereocenters. The smallest absolute Gasteiger partial charge is 0.338 e. The van der Waals surface area contributed by atoms with Crippen molar-refractivity contribution in [2.75, 3.05) is 0 Å². The van der Waals surface area contributed by atoms with Crippen LogP contribution in [0, 0.1) is 17.1 Å². The van der Waals surface area contributed by atoms with Crippen molar-refractivity contribution in [3.8, 4) is 6.07 Å². The standard InChI is InChI=1S/C12H8FN3O2/c13-10-5-8(1-2-9(10)12(17)18)7-16-4-3-15-11(16)6-14/h1-5H,7H2,(H,17,18). The Balaban J connectivity index is 2.29. The van der Waals surface area contributed by atoms with Gasteiger partial charge in [0.15, 0.2) is 0 Å². The molecule has 0 saturated heterocycles. The molecule has 5 nitrogen and oxygen atoms in total. The molecule has 0 radical (unpaired) electrons. The Bertz CT molecular complexity index is 643. The molecule has 18 heavy (non-hydrogen) atoms. The van der Waals surface area contributed by atoms with Crippen molar-refractivity contribution in [1.29, 1.82) is 5.26 Å². The molecule has 1 aromatic heterocycles. The zero-order valence-electron chi connectivity index (χ0n) is 9.17. The van der Waals surface area contributed by atoms with E-state index in [-0.39, 0.29) is 17.9 Å². The van der Waals surface area contributed by atoms with Gasteiger partial charge in [-0.05, 0) is 17.7 Å². The van der Waals surface area contributed by atoms with Crippen molar-refractivity contribution < 1.29 is 14.3 Å². The predicted molar refractivity (Wildman–Crippen MR) is 59.4 cm³/mol. The molecular formula is C12H8FN3O2. The van der Waals surface area contributed by atoms with E-state index >= 15 is 0 Å². The van der Waals surface area contributed by atoms with Gasteiger partial charge >= 0.3 is 5.97 Å². The maximum Gasteiger partial charge on any atom is 0.338 e. The molecule has 0 amide bonds. The van der Waals surface area contributed by atoms with Crippen LogP contribution in [-0.2, 0) is 6.54 Å². The number of carboxylic acids is 1. The molecule has 0 aliphatic carbocycles. The van der Waals surface area contributed by atoms with Gasteiger partial charge in [0.05, 0.1) is 5.56 Å². The van der Waals surface area contributed by atoms with Crippen LogP contribution in [0.4, 0.5) is 4.39 Å². The first-order valence-corrected chi connectivity index (χ1v) is 5.05. The van der Waals surface area contributed by atoms with Crippen molar-refractivity contribution in [1.82, 2.24) is 9.55 Å². The van der Waals surface area contributed by atoms with Gasteiger partial charge in [0, 0.05) is 18.9 Å². The summed E-state index contributed by atoms with van der Waals surface area (Å²) >= 11 is 0. The van der Waals surface area contributed by atoms with Gasteiger partial charge in [0.1, 0.15) is 11.9 Å². The van der Waals surface area contributed by atoms with Crippen LogP contribution in [0.25, 0.3) is 0 Å². The molecule has 1 aromatic carbocycles. The van der Waals surface area contributed by atoms with Crippen molar-refractivity contribution in [2.45, 2.75) is 6.54 Å². The monoisotopic (exact) mass is 245 g/mol. The van der Waals surface area contributed by atoms with E-state index in [1.54, 1.807) is 10.8 Å². The summed E-state index contributed by atoms with van der Waals surface area (Å²) in [6.07, 6.45) is 3.07. The molecule has 0 unspecified atom stereocenters. The van der Waals surface area contributed by atoms with E-state index in [2.05, 4.69) is 4.98 Å². The van der Waals surface area contributed by atoms with Crippen molar-refractivity contribution >= 4 is 5.97 Å². The number of aromatic carboxylic acids is 1. The predicted octanol–water partition coefficient (Wildman–Crippen LogP) is 1.64. The molecule has 0 fully saturated rings. The van der Waals surface area contributed by atoms with Crippen LogP contribution in [0.1, 0.15) is 21.7 Å². The molecule has 1 N–H and O–H groups in total. The summed E-state index contributed by atoms with van der Waals surface area (Å²) in [7, 11) is 0. The zero-order chi connectivity index (χ0) is 13.1. The fraction of sp³-hybridized carbons (Fsp3) is 0.0833. The number of imidazole rings is 1. The molecule has 0 saturated carbocycles. The van der Waals surface area contributed by atoms with E-state index in [1.165, 1.54) is 18.3 Å². The topological polar surface area (TPSA) is 78.9 Å². The molecule has 2 aromatic rings. The lowest BCUT2D eigenvalue weighted by Crippen LogP contribution is -2.05. The second kappa shape index (κ2) is 4.67. The van der Waals surface area contributed by atoms with Gasteiger partial charge in [0.2, 0.25) is 5.82 Å². The van der Waals surface area contributed by atoms with Crippen molar-refractivity contribution in [3.05, 3.63) is 53.4 Å². The van der Waals surface area contributed by atoms with Crippen molar-refractivity contribution in [3.63, 3.8) is 0 Å². The Morgan fingerprint density at radius 1 is 1.56 bits per heavy atom. The Morgan fingerprint density at radius 3 is 2.94 bits per heavy atom. The van der Waals surface area contributed by atoms with Gasteiger partial charge in [-0.25, -0.2) is 14.2 Å². The maximum atomic E-state index is 13.4. The number of carboxylic acid groups (broad SMARTS) is 1. The number of hydrogen-bond donors (Lipinski definition) is 1. The first-order chi connectivity index (χ1) is 8.61. The third kappa shape index (κ3) is 2.20. The largest absolute Gasteiger partial charge is 0.478 e. The van der Waals surface area contributed by atoms with Crippen LogP contribution in [0.3, 0.4) is 0 Å². The summed E-state index contributed by atoms with van der Waals surface area (Å²) in [5.74, 6) is -1.88. The quantitative estimate of drug-likeness (QED) is 0.891.